The van der Waals surface area contributed by atoms with Gasteiger partial charge in [0, 0.05) is 31.0 Å². The summed E-state index contributed by atoms with van der Waals surface area (Å²) in [6.45, 7) is 2.61. The monoisotopic (exact) mass is 455 g/mol. The lowest BCUT2D eigenvalue weighted by molar-refractivity contribution is -0.159. The molecule has 0 unspecified atom stereocenters. The Labute approximate surface area is 185 Å². The molecule has 9 heteroatoms. The number of hydrogen-bond donors (Lipinski definition) is 1. The number of carbonyl (C=O) groups is 1. The van der Waals surface area contributed by atoms with E-state index < -0.39 is 0 Å². The van der Waals surface area contributed by atoms with Gasteiger partial charge in [-0.1, -0.05) is 35.3 Å². The van der Waals surface area contributed by atoms with E-state index in [1.54, 1.807) is 6.07 Å². The van der Waals surface area contributed by atoms with Gasteiger partial charge >= 0.3 is 0 Å². The molecular formula is C20H23Cl2N3O3S. The number of anilines is 2. The molecule has 0 bridgehead atoms. The van der Waals surface area contributed by atoms with E-state index in [1.165, 1.54) is 12.7 Å². The second-order valence-electron chi connectivity index (χ2n) is 6.62. The van der Waals surface area contributed by atoms with Crippen LogP contribution in [0, 0.1) is 0 Å². The zero-order valence-corrected chi connectivity index (χ0v) is 18.4. The molecule has 1 saturated heterocycles. The van der Waals surface area contributed by atoms with Crippen LogP contribution in [-0.4, -0.2) is 44.1 Å². The van der Waals surface area contributed by atoms with E-state index in [4.69, 9.17) is 27.5 Å². The quantitative estimate of drug-likeness (QED) is 0.192. The van der Waals surface area contributed by atoms with E-state index in [1.807, 2.05) is 34.1 Å². The van der Waals surface area contributed by atoms with E-state index in [9.17, 15) is 4.79 Å². The maximum absolute atomic E-state index is 12.5. The number of piperazine rings is 1. The molecule has 1 N–H and O–H groups in total. The van der Waals surface area contributed by atoms with Crippen LogP contribution >= 0.6 is 35.4 Å². The number of nitrogens with one attached hydrogen (secondary N) is 1. The van der Waals surface area contributed by atoms with Gasteiger partial charge in [0.1, 0.15) is 12.2 Å². The van der Waals surface area contributed by atoms with Gasteiger partial charge in [-0.3, -0.25) is 4.79 Å². The molecule has 3 rings (SSSR count). The fraction of sp³-hybridized carbons (Fsp3) is 0.350. The maximum atomic E-state index is 12.5. The summed E-state index contributed by atoms with van der Waals surface area (Å²) in [5.41, 5.74) is 3.09. The number of halogens is 2. The molecule has 1 fully saturated rings. The van der Waals surface area contributed by atoms with E-state index in [-0.39, 0.29) is 5.91 Å². The number of nitrogens with zero attached hydrogens (tertiary/aromatic N) is 2. The van der Waals surface area contributed by atoms with Crippen molar-refractivity contribution in [3.05, 3.63) is 58.1 Å². The number of rotatable bonds is 9. The first kappa shape index (κ1) is 22.1. The van der Waals surface area contributed by atoms with E-state index in [2.05, 4.69) is 21.7 Å². The Bertz CT molecular complexity index is 823. The van der Waals surface area contributed by atoms with Gasteiger partial charge in [-0.2, -0.15) is 0 Å². The van der Waals surface area contributed by atoms with Crippen LogP contribution in [0.3, 0.4) is 0 Å². The molecular weight excluding hydrogens is 433 g/mol. The van der Waals surface area contributed by atoms with Crippen molar-refractivity contribution in [2.24, 2.45) is 0 Å². The molecule has 1 aliphatic heterocycles. The summed E-state index contributed by atoms with van der Waals surface area (Å²) in [6, 6.07) is 13.6. The largest absolute Gasteiger partial charge is 0.360 e. The van der Waals surface area contributed by atoms with Crippen molar-refractivity contribution < 1.29 is 14.0 Å². The second kappa shape index (κ2) is 10.9. The second-order valence-corrected chi connectivity index (χ2v) is 7.94. The van der Waals surface area contributed by atoms with Crippen molar-refractivity contribution in [1.29, 1.82) is 0 Å². The Morgan fingerprint density at radius 1 is 1.10 bits per heavy atom. The molecule has 0 radical (unpaired) electrons. The average molecular weight is 456 g/mol. The van der Waals surface area contributed by atoms with Crippen molar-refractivity contribution in [3.63, 3.8) is 0 Å². The molecule has 6 nitrogen and oxygen atoms in total. The lowest BCUT2D eigenvalue weighted by atomic mass is 10.1. The topological polar surface area (TPSA) is 54.0 Å². The minimum absolute atomic E-state index is 0.136. The molecule has 0 saturated carbocycles. The highest BCUT2D eigenvalue weighted by Crippen LogP contribution is 2.28. The molecule has 1 heterocycles. The summed E-state index contributed by atoms with van der Waals surface area (Å²) in [6.07, 6.45) is 1.84. The zero-order chi connectivity index (χ0) is 20.6. The minimum atomic E-state index is 0.136. The van der Waals surface area contributed by atoms with E-state index in [0.717, 1.165) is 49.5 Å². The number of carbonyl (C=O) groups excluding carboxylic acids is 1. The summed E-state index contributed by atoms with van der Waals surface area (Å²) in [4.78, 5) is 21.0. The van der Waals surface area contributed by atoms with Crippen molar-refractivity contribution in [1.82, 2.24) is 4.90 Å². The van der Waals surface area contributed by atoms with Gasteiger partial charge in [-0.25, -0.2) is 4.89 Å². The summed E-state index contributed by atoms with van der Waals surface area (Å²) in [5, 5.41) is 1.02. The Hall–Kier alpha value is -1.64. The first-order valence-corrected chi connectivity index (χ1v) is 10.8. The predicted molar refractivity (Wildman–Crippen MR) is 119 cm³/mol. The van der Waals surface area contributed by atoms with Crippen molar-refractivity contribution >= 4 is 52.7 Å². The van der Waals surface area contributed by atoms with Gasteiger partial charge in [0.25, 0.3) is 0 Å². The minimum Gasteiger partial charge on any atom is -0.360 e. The van der Waals surface area contributed by atoms with Crippen LogP contribution in [0.25, 0.3) is 0 Å². The standard InChI is InChI=1S/C20H23Cl2N3O3S/c1-27-28-29-23-16-6-4-15(5-7-16)3-2-10-24-11-12-25(14-20(24)26)17-8-9-18(21)19(22)13-17/h4-9,13,23H,2-3,10-12,14H2,1H3. The molecule has 2 aromatic carbocycles. The molecule has 1 amide bonds. The lowest BCUT2D eigenvalue weighted by Crippen LogP contribution is -2.50. The third-order valence-electron chi connectivity index (χ3n) is 4.70. The SMILES string of the molecule is COOSNc1ccc(CCCN2CCN(c3ccc(Cl)c(Cl)c3)CC2=O)cc1. The first-order valence-electron chi connectivity index (χ1n) is 9.26. The number of benzene rings is 2. The van der Waals surface area contributed by atoms with Gasteiger partial charge in [-0.15, -0.1) is 4.33 Å². The van der Waals surface area contributed by atoms with Crippen LogP contribution in [0.5, 0.6) is 0 Å². The Morgan fingerprint density at radius 2 is 1.90 bits per heavy atom. The van der Waals surface area contributed by atoms with Crippen LogP contribution in [-0.2, 0) is 20.4 Å². The summed E-state index contributed by atoms with van der Waals surface area (Å²) in [7, 11) is 1.45. The average Bonchev–Trinajstić information content (AvgIpc) is 2.72. The van der Waals surface area contributed by atoms with Crippen molar-refractivity contribution in [2.75, 3.05) is 42.9 Å². The predicted octanol–water partition coefficient (Wildman–Crippen LogP) is 4.83. The van der Waals surface area contributed by atoms with Crippen LogP contribution in [0.1, 0.15) is 12.0 Å². The highest BCUT2D eigenvalue weighted by Gasteiger charge is 2.24. The molecule has 0 atom stereocenters. The number of amides is 1. The highest BCUT2D eigenvalue weighted by atomic mass is 35.5. The normalized spacial score (nSPS) is 14.4. The fourth-order valence-electron chi connectivity index (χ4n) is 3.16. The van der Waals surface area contributed by atoms with Gasteiger partial charge in [0.2, 0.25) is 5.91 Å². The van der Waals surface area contributed by atoms with E-state index in [0.29, 0.717) is 23.1 Å². The van der Waals surface area contributed by atoms with Crippen molar-refractivity contribution in [3.8, 4) is 0 Å². The zero-order valence-electron chi connectivity index (χ0n) is 16.1. The van der Waals surface area contributed by atoms with Gasteiger partial charge in [-0.05, 0) is 48.7 Å². The van der Waals surface area contributed by atoms with Crippen LogP contribution in [0.2, 0.25) is 10.0 Å². The molecule has 0 spiro atoms. The molecule has 1 aliphatic rings. The molecule has 2 aromatic rings. The summed E-state index contributed by atoms with van der Waals surface area (Å²) in [5.74, 6) is 0.136. The first-order chi connectivity index (χ1) is 14.1. The summed E-state index contributed by atoms with van der Waals surface area (Å²) >= 11 is 13.1. The van der Waals surface area contributed by atoms with Crippen LogP contribution < -0.4 is 9.62 Å². The molecule has 156 valence electrons. The molecule has 29 heavy (non-hydrogen) atoms. The third-order valence-corrected chi connectivity index (χ3v) is 5.96. The summed E-state index contributed by atoms with van der Waals surface area (Å²) < 4.78 is 7.72. The highest BCUT2D eigenvalue weighted by molar-refractivity contribution is 7.95. The van der Waals surface area contributed by atoms with Crippen LogP contribution in [0.4, 0.5) is 11.4 Å². The van der Waals surface area contributed by atoms with Gasteiger partial charge in [0.15, 0.2) is 0 Å². The molecule has 0 aliphatic carbocycles. The molecule has 0 aromatic heterocycles. The lowest BCUT2D eigenvalue weighted by Gasteiger charge is -2.35. The van der Waals surface area contributed by atoms with Crippen molar-refractivity contribution in [2.45, 2.75) is 12.8 Å². The van der Waals surface area contributed by atoms with Gasteiger partial charge in [0.05, 0.1) is 23.7 Å². The fourth-order valence-corrected chi connectivity index (χ4v) is 3.79. The maximum Gasteiger partial charge on any atom is 0.242 e. The van der Waals surface area contributed by atoms with Crippen LogP contribution in [0.15, 0.2) is 42.5 Å². The number of aryl methyl sites for hydroxylation is 1. The Balaban J connectivity index is 1.42. The Kier molecular flexibility index (Phi) is 8.32. The van der Waals surface area contributed by atoms with Gasteiger partial charge < -0.3 is 14.5 Å². The Morgan fingerprint density at radius 3 is 2.59 bits per heavy atom. The number of hydrogen-bond acceptors (Lipinski definition) is 6. The third kappa shape index (κ3) is 6.42. The van der Waals surface area contributed by atoms with E-state index >= 15 is 0 Å². The smallest absolute Gasteiger partial charge is 0.242 e.